The normalized spacial score (nSPS) is 16.1. The number of nitrogens with zero attached hydrogens (tertiary/aromatic N) is 7. The molecule has 1 aliphatic rings. The first-order chi connectivity index (χ1) is 18.6. The van der Waals surface area contributed by atoms with Crippen LogP contribution in [0.25, 0.3) is 16.8 Å². The van der Waals surface area contributed by atoms with Crippen molar-refractivity contribution in [2.45, 2.75) is 53.0 Å². The van der Waals surface area contributed by atoms with Crippen LogP contribution < -0.4 is 10.6 Å². The molecule has 4 aromatic heterocycles. The molecule has 0 aromatic carbocycles. The van der Waals surface area contributed by atoms with E-state index in [1.807, 2.05) is 20.2 Å². The van der Waals surface area contributed by atoms with Crippen LogP contribution in [-0.2, 0) is 11.8 Å². The minimum Gasteiger partial charge on any atom is -0.325 e. The first-order valence-electron chi connectivity index (χ1n) is 13.2. The zero-order valence-corrected chi connectivity index (χ0v) is 23.1. The highest BCUT2D eigenvalue weighted by Crippen LogP contribution is 2.26. The van der Waals surface area contributed by atoms with Gasteiger partial charge in [-0.1, -0.05) is 20.8 Å². The number of hydrogen-bond donors (Lipinski definition) is 2. The first-order valence-corrected chi connectivity index (χ1v) is 13.2. The SMILES string of the molecule is Cc1ncc(NC(=O)C[C@@H]2CCCN2CC(C)(C)C)cc1NC(=O)c1cnn2cc(-c3cnn(C)c3)ncc12. The Labute approximate surface area is 227 Å². The summed E-state index contributed by atoms with van der Waals surface area (Å²) in [6.07, 6.45) is 12.7. The lowest BCUT2D eigenvalue weighted by Gasteiger charge is -2.31. The maximum Gasteiger partial charge on any atom is 0.259 e. The molecule has 5 heterocycles. The van der Waals surface area contributed by atoms with Crippen LogP contribution in [0.4, 0.5) is 11.4 Å². The molecule has 204 valence electrons. The zero-order chi connectivity index (χ0) is 27.7. The molecular weight excluding hydrogens is 494 g/mol. The number of rotatable bonds is 7. The van der Waals surface area contributed by atoms with Crippen molar-refractivity contribution < 1.29 is 9.59 Å². The lowest BCUT2D eigenvalue weighted by molar-refractivity contribution is -0.117. The highest BCUT2D eigenvalue weighted by molar-refractivity contribution is 6.09. The summed E-state index contributed by atoms with van der Waals surface area (Å²) >= 11 is 0. The third kappa shape index (κ3) is 6.14. The number of pyridine rings is 1. The van der Waals surface area contributed by atoms with Gasteiger partial charge in [-0.2, -0.15) is 10.2 Å². The molecule has 2 amide bonds. The van der Waals surface area contributed by atoms with Crippen molar-refractivity contribution in [2.24, 2.45) is 12.5 Å². The number of fused-ring (bicyclic) bond motifs is 1. The van der Waals surface area contributed by atoms with E-state index in [9.17, 15) is 9.59 Å². The second-order valence-electron chi connectivity index (χ2n) is 11.5. The quantitative estimate of drug-likeness (QED) is 0.372. The number of amides is 2. The monoisotopic (exact) mass is 529 g/mol. The van der Waals surface area contributed by atoms with Crippen LogP contribution in [0.2, 0.25) is 0 Å². The number of anilines is 2. The van der Waals surface area contributed by atoms with Crippen molar-refractivity contribution >= 4 is 28.7 Å². The molecule has 2 N–H and O–H groups in total. The van der Waals surface area contributed by atoms with E-state index in [-0.39, 0.29) is 23.3 Å². The Kier molecular flexibility index (Phi) is 7.17. The third-order valence-electron chi connectivity index (χ3n) is 6.87. The van der Waals surface area contributed by atoms with Crippen LogP contribution >= 0.6 is 0 Å². The smallest absolute Gasteiger partial charge is 0.259 e. The molecule has 0 aliphatic carbocycles. The van der Waals surface area contributed by atoms with E-state index in [1.54, 1.807) is 40.1 Å². The van der Waals surface area contributed by atoms with Crippen molar-refractivity contribution in [3.63, 3.8) is 0 Å². The average Bonchev–Trinajstić information content (AvgIpc) is 3.60. The summed E-state index contributed by atoms with van der Waals surface area (Å²) in [6.45, 7) is 10.5. The molecule has 11 nitrogen and oxygen atoms in total. The fourth-order valence-electron chi connectivity index (χ4n) is 5.05. The standard InChI is InChI=1S/C28H35N9O2/c1-18-23(9-20(12-29-18)33-26(38)10-21-7-6-8-36(21)17-28(2,3)4)34-27(39)22-13-32-37-16-24(30-14-25(22)37)19-11-31-35(5)15-19/h9,11-16,21H,6-8,10,17H2,1-5H3,(H,33,38)(H,34,39)/t21-/m0/s1. The average molecular weight is 530 g/mol. The molecular formula is C28H35N9O2. The summed E-state index contributed by atoms with van der Waals surface area (Å²) < 4.78 is 3.32. The molecule has 39 heavy (non-hydrogen) atoms. The topological polar surface area (TPSA) is 122 Å². The minimum absolute atomic E-state index is 0.0538. The molecule has 5 rings (SSSR count). The summed E-state index contributed by atoms with van der Waals surface area (Å²) in [5.74, 6) is -0.389. The van der Waals surface area contributed by atoms with E-state index in [0.717, 1.165) is 31.5 Å². The summed E-state index contributed by atoms with van der Waals surface area (Å²) in [4.78, 5) is 37.4. The second kappa shape index (κ2) is 10.6. The van der Waals surface area contributed by atoms with Gasteiger partial charge in [0.05, 0.1) is 64.8 Å². The number of hydrogen-bond acceptors (Lipinski definition) is 7. The van der Waals surface area contributed by atoms with Crippen molar-refractivity contribution in [3.05, 3.63) is 54.5 Å². The number of aryl methyl sites for hydroxylation is 2. The molecule has 1 aliphatic heterocycles. The van der Waals surface area contributed by atoms with Gasteiger partial charge in [-0.25, -0.2) is 4.52 Å². The van der Waals surface area contributed by atoms with Gasteiger partial charge in [0.2, 0.25) is 5.91 Å². The summed E-state index contributed by atoms with van der Waals surface area (Å²) in [7, 11) is 1.84. The zero-order valence-electron chi connectivity index (χ0n) is 23.1. The first kappa shape index (κ1) is 26.5. The predicted molar refractivity (Wildman–Crippen MR) is 149 cm³/mol. The van der Waals surface area contributed by atoms with Crippen molar-refractivity contribution in [1.82, 2.24) is 34.3 Å². The maximum absolute atomic E-state index is 13.2. The Morgan fingerprint density at radius 2 is 1.87 bits per heavy atom. The van der Waals surface area contributed by atoms with Crippen LogP contribution in [-0.4, -0.2) is 65.2 Å². The van der Waals surface area contributed by atoms with Crippen LogP contribution in [0.3, 0.4) is 0 Å². The Morgan fingerprint density at radius 1 is 1.05 bits per heavy atom. The van der Waals surface area contributed by atoms with Gasteiger partial charge in [0.1, 0.15) is 0 Å². The Balaban J connectivity index is 1.26. The Hall–Kier alpha value is -4.12. The van der Waals surface area contributed by atoms with E-state index in [1.165, 1.54) is 6.20 Å². The van der Waals surface area contributed by atoms with Crippen molar-refractivity contribution in [2.75, 3.05) is 23.7 Å². The van der Waals surface area contributed by atoms with E-state index in [4.69, 9.17) is 0 Å². The molecule has 0 bridgehead atoms. The predicted octanol–water partition coefficient (Wildman–Crippen LogP) is 3.92. The molecule has 0 unspecified atom stereocenters. The minimum atomic E-state index is -0.335. The number of carbonyl (C=O) groups excluding carboxylic acids is 2. The fourth-order valence-corrected chi connectivity index (χ4v) is 5.05. The van der Waals surface area contributed by atoms with Crippen LogP contribution in [0.15, 0.2) is 43.2 Å². The molecule has 0 radical (unpaired) electrons. The summed E-state index contributed by atoms with van der Waals surface area (Å²) in [6, 6.07) is 1.98. The maximum atomic E-state index is 13.2. The van der Waals surface area contributed by atoms with Crippen molar-refractivity contribution in [3.8, 4) is 11.3 Å². The molecule has 0 saturated carbocycles. The number of likely N-dealkylation sites (tertiary alicyclic amines) is 1. The second-order valence-corrected chi connectivity index (χ2v) is 11.5. The molecule has 4 aromatic rings. The van der Waals surface area contributed by atoms with Gasteiger partial charge in [0.25, 0.3) is 5.91 Å². The molecule has 11 heteroatoms. The molecule has 0 spiro atoms. The summed E-state index contributed by atoms with van der Waals surface area (Å²) in [5, 5.41) is 14.4. The Bertz CT molecular complexity index is 1510. The van der Waals surface area contributed by atoms with E-state index in [0.29, 0.717) is 40.3 Å². The van der Waals surface area contributed by atoms with E-state index >= 15 is 0 Å². The molecule has 1 saturated heterocycles. The van der Waals surface area contributed by atoms with Gasteiger partial charge in [-0.05, 0) is 37.8 Å². The number of aromatic nitrogens is 6. The fraction of sp³-hybridized carbons (Fsp3) is 0.429. The van der Waals surface area contributed by atoms with Gasteiger partial charge in [-0.3, -0.25) is 29.1 Å². The van der Waals surface area contributed by atoms with Gasteiger partial charge in [-0.15, -0.1) is 0 Å². The lowest BCUT2D eigenvalue weighted by atomic mass is 9.95. The summed E-state index contributed by atoms with van der Waals surface area (Å²) in [5.41, 5.74) is 4.41. The van der Waals surface area contributed by atoms with Gasteiger partial charge in [0.15, 0.2) is 0 Å². The van der Waals surface area contributed by atoms with E-state index < -0.39 is 0 Å². The highest BCUT2D eigenvalue weighted by Gasteiger charge is 2.29. The molecule has 1 atom stereocenters. The van der Waals surface area contributed by atoms with Crippen LogP contribution in [0.1, 0.15) is 56.1 Å². The Morgan fingerprint density at radius 3 is 2.62 bits per heavy atom. The van der Waals surface area contributed by atoms with Gasteiger partial charge >= 0.3 is 0 Å². The number of nitrogens with one attached hydrogen (secondary N) is 2. The van der Waals surface area contributed by atoms with E-state index in [2.05, 4.69) is 56.5 Å². The van der Waals surface area contributed by atoms with Crippen molar-refractivity contribution in [1.29, 1.82) is 0 Å². The van der Waals surface area contributed by atoms with Crippen LogP contribution in [0.5, 0.6) is 0 Å². The van der Waals surface area contributed by atoms with Crippen LogP contribution in [0, 0.1) is 12.3 Å². The third-order valence-corrected chi connectivity index (χ3v) is 6.87. The number of carbonyl (C=O) groups is 2. The highest BCUT2D eigenvalue weighted by atomic mass is 16.2. The van der Waals surface area contributed by atoms with Gasteiger partial charge in [0, 0.05) is 37.8 Å². The molecule has 1 fully saturated rings. The van der Waals surface area contributed by atoms with Gasteiger partial charge < -0.3 is 10.6 Å². The lowest BCUT2D eigenvalue weighted by Crippen LogP contribution is -2.38. The largest absolute Gasteiger partial charge is 0.325 e.